The Morgan fingerprint density at radius 2 is 1.73 bits per heavy atom. The molecule has 0 aliphatic carbocycles. The topological polar surface area (TPSA) is 45.9 Å². The number of furan rings is 1. The van der Waals surface area contributed by atoms with Crippen LogP contribution in [0.4, 0.5) is 10.1 Å². The molecule has 1 aliphatic rings. The van der Waals surface area contributed by atoms with E-state index in [1.165, 1.54) is 12.1 Å². The van der Waals surface area contributed by atoms with E-state index >= 15 is 0 Å². The number of rotatable bonds is 5. The number of hydrogen-bond donors (Lipinski definition) is 0. The van der Waals surface area contributed by atoms with Crippen LogP contribution in [-0.4, -0.2) is 44.1 Å². The van der Waals surface area contributed by atoms with E-state index in [1.54, 1.807) is 43.5 Å². The van der Waals surface area contributed by atoms with Crippen molar-refractivity contribution >= 4 is 17.7 Å². The highest BCUT2D eigenvalue weighted by atomic mass is 19.1. The van der Waals surface area contributed by atoms with E-state index in [4.69, 9.17) is 9.15 Å². The average Bonchev–Trinajstić information content (AvgIpc) is 3.27. The molecule has 0 atom stereocenters. The number of piperazine rings is 1. The predicted molar refractivity (Wildman–Crippen MR) is 115 cm³/mol. The molecule has 0 spiro atoms. The van der Waals surface area contributed by atoms with Gasteiger partial charge in [-0.15, -0.1) is 0 Å². The first-order chi connectivity index (χ1) is 14.6. The van der Waals surface area contributed by atoms with Crippen LogP contribution in [0.15, 0.2) is 71.2 Å². The number of benzene rings is 2. The fourth-order valence-electron chi connectivity index (χ4n) is 3.49. The Balaban J connectivity index is 1.34. The van der Waals surface area contributed by atoms with Crippen molar-refractivity contribution in [3.8, 4) is 17.1 Å². The van der Waals surface area contributed by atoms with Gasteiger partial charge in [0.25, 0.3) is 0 Å². The summed E-state index contributed by atoms with van der Waals surface area (Å²) in [5.74, 6) is 1.38. The lowest BCUT2D eigenvalue weighted by Crippen LogP contribution is -2.48. The lowest BCUT2D eigenvalue weighted by atomic mass is 10.1. The maximum atomic E-state index is 13.9. The number of ether oxygens (including phenoxy) is 1. The average molecular weight is 406 g/mol. The number of amides is 1. The van der Waals surface area contributed by atoms with E-state index in [2.05, 4.69) is 4.90 Å². The molecule has 1 saturated heterocycles. The summed E-state index contributed by atoms with van der Waals surface area (Å²) in [6.07, 6.45) is 3.13. The predicted octanol–water partition coefficient (Wildman–Crippen LogP) is 4.46. The summed E-state index contributed by atoms with van der Waals surface area (Å²) >= 11 is 0. The zero-order valence-electron chi connectivity index (χ0n) is 16.8. The molecule has 2 aromatic carbocycles. The van der Waals surface area contributed by atoms with Gasteiger partial charge < -0.3 is 19.0 Å². The molecule has 0 N–H and O–H groups in total. The molecular weight excluding hydrogens is 383 g/mol. The van der Waals surface area contributed by atoms with Gasteiger partial charge >= 0.3 is 0 Å². The maximum absolute atomic E-state index is 13.9. The smallest absolute Gasteiger partial charge is 0.246 e. The lowest BCUT2D eigenvalue weighted by molar-refractivity contribution is -0.126. The fourth-order valence-corrected chi connectivity index (χ4v) is 3.49. The molecule has 1 aliphatic heterocycles. The van der Waals surface area contributed by atoms with Crippen LogP contribution in [0.25, 0.3) is 17.4 Å². The summed E-state index contributed by atoms with van der Waals surface area (Å²) in [4.78, 5) is 16.6. The summed E-state index contributed by atoms with van der Waals surface area (Å²) in [6.45, 7) is 2.83. The normalized spacial score (nSPS) is 14.3. The fraction of sp³-hybridized carbons (Fsp3) is 0.208. The summed E-state index contributed by atoms with van der Waals surface area (Å²) in [7, 11) is 1.65. The van der Waals surface area contributed by atoms with Crippen LogP contribution in [0.1, 0.15) is 5.76 Å². The maximum Gasteiger partial charge on any atom is 0.246 e. The molecule has 1 aromatic heterocycles. The molecule has 30 heavy (non-hydrogen) atoms. The Hall–Kier alpha value is -3.54. The number of carbonyl (C=O) groups is 1. The quantitative estimate of drug-likeness (QED) is 0.587. The van der Waals surface area contributed by atoms with E-state index in [1.807, 2.05) is 29.2 Å². The first-order valence-corrected chi connectivity index (χ1v) is 9.85. The van der Waals surface area contributed by atoms with Crippen LogP contribution in [-0.2, 0) is 4.79 Å². The molecule has 0 unspecified atom stereocenters. The summed E-state index contributed by atoms with van der Waals surface area (Å²) in [5.41, 5.74) is 1.52. The molecular formula is C24H23FN2O3. The largest absolute Gasteiger partial charge is 0.497 e. The van der Waals surface area contributed by atoms with Crippen LogP contribution in [0.2, 0.25) is 0 Å². The second-order valence-electron chi connectivity index (χ2n) is 7.03. The van der Waals surface area contributed by atoms with E-state index in [9.17, 15) is 9.18 Å². The first kappa shape index (κ1) is 19.8. The van der Waals surface area contributed by atoms with Crippen molar-refractivity contribution in [3.05, 3.63) is 78.3 Å². The lowest BCUT2D eigenvalue weighted by Gasteiger charge is -2.35. The van der Waals surface area contributed by atoms with Crippen molar-refractivity contribution in [3.63, 3.8) is 0 Å². The number of halogens is 1. The van der Waals surface area contributed by atoms with Gasteiger partial charge in [-0.25, -0.2) is 4.39 Å². The Kier molecular flexibility index (Phi) is 5.84. The van der Waals surface area contributed by atoms with E-state index in [0.717, 1.165) is 24.5 Å². The Labute approximate surface area is 175 Å². The standard InChI is InChI=1S/C24H23FN2O3/c1-29-19-8-6-18(7-9-19)26-14-16-27(17-15-26)24(28)13-11-20-10-12-23(30-20)21-4-2-3-5-22(21)25/h2-13H,14-17H2,1H3/b13-11+. The van der Waals surface area contributed by atoms with Gasteiger partial charge in [0, 0.05) is 37.9 Å². The Morgan fingerprint density at radius 3 is 2.43 bits per heavy atom. The van der Waals surface area contributed by atoms with Crippen molar-refractivity contribution in [2.75, 3.05) is 38.2 Å². The van der Waals surface area contributed by atoms with Crippen molar-refractivity contribution in [1.82, 2.24) is 4.90 Å². The van der Waals surface area contributed by atoms with Gasteiger partial charge in [0.05, 0.1) is 12.7 Å². The minimum absolute atomic E-state index is 0.0618. The highest BCUT2D eigenvalue weighted by molar-refractivity contribution is 5.91. The van der Waals surface area contributed by atoms with Gasteiger partial charge in [0.2, 0.25) is 5.91 Å². The third-order valence-electron chi connectivity index (χ3n) is 5.19. The molecule has 0 saturated carbocycles. The molecule has 6 heteroatoms. The second-order valence-corrected chi connectivity index (χ2v) is 7.03. The molecule has 1 fully saturated rings. The second kappa shape index (κ2) is 8.86. The van der Waals surface area contributed by atoms with E-state index in [0.29, 0.717) is 30.2 Å². The molecule has 4 rings (SSSR count). The van der Waals surface area contributed by atoms with E-state index < -0.39 is 0 Å². The van der Waals surface area contributed by atoms with Crippen molar-refractivity contribution in [1.29, 1.82) is 0 Å². The number of hydrogen-bond acceptors (Lipinski definition) is 4. The van der Waals surface area contributed by atoms with Crippen LogP contribution >= 0.6 is 0 Å². The van der Waals surface area contributed by atoms with Crippen LogP contribution < -0.4 is 9.64 Å². The van der Waals surface area contributed by atoms with Gasteiger partial charge in [-0.05, 0) is 54.6 Å². The van der Waals surface area contributed by atoms with Crippen LogP contribution in [0, 0.1) is 5.82 Å². The third-order valence-corrected chi connectivity index (χ3v) is 5.19. The summed E-state index contributed by atoms with van der Waals surface area (Å²) < 4.78 is 24.7. The molecule has 0 bridgehead atoms. The summed E-state index contributed by atoms with van der Waals surface area (Å²) in [6, 6.07) is 17.8. The Morgan fingerprint density at radius 1 is 1.00 bits per heavy atom. The molecule has 5 nitrogen and oxygen atoms in total. The highest BCUT2D eigenvalue weighted by Gasteiger charge is 2.20. The van der Waals surface area contributed by atoms with Crippen molar-refractivity contribution in [2.24, 2.45) is 0 Å². The molecule has 1 amide bonds. The number of nitrogens with zero attached hydrogens (tertiary/aromatic N) is 2. The molecule has 3 aromatic rings. The molecule has 0 radical (unpaired) electrons. The van der Waals surface area contributed by atoms with Crippen molar-refractivity contribution < 1.29 is 18.3 Å². The first-order valence-electron chi connectivity index (χ1n) is 9.85. The zero-order chi connectivity index (χ0) is 20.9. The minimum Gasteiger partial charge on any atom is -0.497 e. The summed E-state index contributed by atoms with van der Waals surface area (Å²) in [5, 5.41) is 0. The van der Waals surface area contributed by atoms with Gasteiger partial charge in [-0.2, -0.15) is 0 Å². The van der Waals surface area contributed by atoms with Crippen LogP contribution in [0.5, 0.6) is 5.75 Å². The zero-order valence-corrected chi connectivity index (χ0v) is 16.8. The Bertz CT molecular complexity index is 1030. The number of methoxy groups -OCH3 is 1. The van der Waals surface area contributed by atoms with Crippen molar-refractivity contribution in [2.45, 2.75) is 0 Å². The van der Waals surface area contributed by atoms with Crippen LogP contribution in [0.3, 0.4) is 0 Å². The highest BCUT2D eigenvalue weighted by Crippen LogP contribution is 2.25. The van der Waals surface area contributed by atoms with Gasteiger partial charge in [-0.1, -0.05) is 12.1 Å². The number of carbonyl (C=O) groups excluding carboxylic acids is 1. The molecule has 2 heterocycles. The monoisotopic (exact) mass is 406 g/mol. The number of anilines is 1. The SMILES string of the molecule is COc1ccc(N2CCN(C(=O)/C=C/c3ccc(-c4ccccc4F)o3)CC2)cc1. The van der Waals surface area contributed by atoms with E-state index in [-0.39, 0.29) is 11.7 Å². The molecule has 154 valence electrons. The third kappa shape index (κ3) is 4.38. The van der Waals surface area contributed by atoms with Gasteiger partial charge in [0.15, 0.2) is 0 Å². The minimum atomic E-state index is -0.340. The van der Waals surface area contributed by atoms with Gasteiger partial charge in [0.1, 0.15) is 23.1 Å². The van der Waals surface area contributed by atoms with Gasteiger partial charge in [-0.3, -0.25) is 4.79 Å².